The van der Waals surface area contributed by atoms with Crippen LogP contribution in [-0.4, -0.2) is 11.5 Å². The molecule has 0 saturated heterocycles. The molecule has 0 heterocycles. The predicted octanol–water partition coefficient (Wildman–Crippen LogP) is 4.49. The van der Waals surface area contributed by atoms with E-state index >= 15 is 0 Å². The lowest BCUT2D eigenvalue weighted by molar-refractivity contribution is -0.274. The van der Waals surface area contributed by atoms with E-state index in [2.05, 4.69) is 4.74 Å². The van der Waals surface area contributed by atoms with Crippen LogP contribution in [0, 0.1) is 0 Å². The van der Waals surface area contributed by atoms with Crippen molar-refractivity contribution in [3.63, 3.8) is 0 Å². The van der Waals surface area contributed by atoms with Gasteiger partial charge in [-0.3, -0.25) is 0 Å². The minimum atomic E-state index is -4.71. The van der Waals surface area contributed by atoms with E-state index in [0.717, 1.165) is 16.3 Å². The van der Waals surface area contributed by atoms with Crippen LogP contribution in [0.3, 0.4) is 0 Å². The molecule has 0 aliphatic carbocycles. The minimum Gasteiger partial charge on any atom is -0.508 e. The van der Waals surface area contributed by atoms with E-state index in [-0.39, 0.29) is 11.5 Å². The number of rotatable bonds is 3. The Morgan fingerprint density at radius 2 is 1.42 bits per heavy atom. The first-order valence-electron chi connectivity index (χ1n) is 7.16. The van der Waals surface area contributed by atoms with Gasteiger partial charge in [-0.25, -0.2) is 0 Å². The molecule has 3 aromatic rings. The van der Waals surface area contributed by atoms with E-state index in [9.17, 15) is 18.3 Å². The molecule has 3 rings (SSSR count). The third-order valence-corrected chi connectivity index (χ3v) is 3.68. The molecule has 0 fully saturated rings. The second kappa shape index (κ2) is 6.05. The van der Waals surface area contributed by atoms with E-state index in [1.54, 1.807) is 18.2 Å². The highest BCUT2D eigenvalue weighted by atomic mass is 19.4. The van der Waals surface area contributed by atoms with Crippen LogP contribution in [0.15, 0.2) is 60.7 Å². The highest BCUT2D eigenvalue weighted by molar-refractivity contribution is 5.84. The second-order valence-corrected chi connectivity index (χ2v) is 5.39. The summed E-state index contributed by atoms with van der Waals surface area (Å²) in [5.74, 6) is -0.104. The number of hydrogen-bond donors (Lipinski definition) is 2. The lowest BCUT2D eigenvalue weighted by Crippen LogP contribution is -2.17. The Hall–Kier alpha value is -2.73. The topological polar surface area (TPSA) is 55.5 Å². The van der Waals surface area contributed by atoms with Gasteiger partial charge in [0.2, 0.25) is 0 Å². The molecule has 0 spiro atoms. The molecule has 0 aliphatic heterocycles. The van der Waals surface area contributed by atoms with Gasteiger partial charge in [0.15, 0.2) is 0 Å². The number of ether oxygens (including phenoxy) is 1. The highest BCUT2D eigenvalue weighted by Crippen LogP contribution is 2.28. The van der Waals surface area contributed by atoms with Gasteiger partial charge in [-0.1, -0.05) is 30.3 Å². The molecule has 6 heteroatoms. The second-order valence-electron chi connectivity index (χ2n) is 5.39. The van der Waals surface area contributed by atoms with Crippen LogP contribution in [0.4, 0.5) is 13.2 Å². The number of fused-ring (bicyclic) bond motifs is 1. The van der Waals surface area contributed by atoms with Crippen LogP contribution in [0.1, 0.15) is 17.2 Å². The summed E-state index contributed by atoms with van der Waals surface area (Å²) < 4.78 is 40.4. The van der Waals surface area contributed by atoms with Crippen molar-refractivity contribution in [2.24, 2.45) is 5.73 Å². The van der Waals surface area contributed by atoms with Gasteiger partial charge >= 0.3 is 6.36 Å². The number of phenolic OH excluding ortho intramolecular Hbond substituents is 1. The van der Waals surface area contributed by atoms with Crippen LogP contribution in [0.5, 0.6) is 11.5 Å². The first-order valence-corrected chi connectivity index (χ1v) is 7.16. The molecular weight excluding hydrogens is 319 g/mol. The normalized spacial score (nSPS) is 13.0. The van der Waals surface area contributed by atoms with Crippen molar-refractivity contribution in [3.8, 4) is 11.5 Å². The Bertz CT molecular complexity index is 860. The molecule has 24 heavy (non-hydrogen) atoms. The highest BCUT2D eigenvalue weighted by Gasteiger charge is 2.31. The SMILES string of the molecule is N[C@@H](c1ccc(OC(F)(F)F)cc1)c1ccc2cc(O)ccc2c1. The molecule has 3 N–H and O–H groups in total. The monoisotopic (exact) mass is 333 g/mol. The minimum absolute atomic E-state index is 0.180. The summed E-state index contributed by atoms with van der Waals surface area (Å²) in [7, 11) is 0. The van der Waals surface area contributed by atoms with Crippen LogP contribution in [0.25, 0.3) is 10.8 Å². The largest absolute Gasteiger partial charge is 0.573 e. The number of phenols is 1. The van der Waals surface area contributed by atoms with Gasteiger partial charge in [0.25, 0.3) is 0 Å². The number of aromatic hydroxyl groups is 1. The predicted molar refractivity (Wildman–Crippen MR) is 84.8 cm³/mol. The Kier molecular flexibility index (Phi) is 4.07. The average Bonchev–Trinajstić information content (AvgIpc) is 2.53. The quantitative estimate of drug-likeness (QED) is 0.742. The molecule has 124 valence electrons. The van der Waals surface area contributed by atoms with Gasteiger partial charge in [0, 0.05) is 0 Å². The number of halogens is 3. The maximum Gasteiger partial charge on any atom is 0.573 e. The first-order chi connectivity index (χ1) is 11.3. The van der Waals surface area contributed by atoms with Crippen molar-refractivity contribution in [2.75, 3.05) is 0 Å². The number of alkyl halides is 3. The van der Waals surface area contributed by atoms with Gasteiger partial charge in [-0.15, -0.1) is 13.2 Å². The van der Waals surface area contributed by atoms with Crippen LogP contribution in [0.2, 0.25) is 0 Å². The van der Waals surface area contributed by atoms with Gasteiger partial charge in [-0.2, -0.15) is 0 Å². The van der Waals surface area contributed by atoms with Crippen molar-refractivity contribution < 1.29 is 23.0 Å². The van der Waals surface area contributed by atoms with Gasteiger partial charge in [0.05, 0.1) is 6.04 Å². The van der Waals surface area contributed by atoms with E-state index in [1.807, 2.05) is 18.2 Å². The number of nitrogens with two attached hydrogens (primary N) is 1. The van der Waals surface area contributed by atoms with Crippen LogP contribution < -0.4 is 10.5 Å². The fourth-order valence-electron chi connectivity index (χ4n) is 2.51. The summed E-state index contributed by atoms with van der Waals surface area (Å²) in [5.41, 5.74) is 7.69. The lowest BCUT2D eigenvalue weighted by Gasteiger charge is -2.15. The van der Waals surface area contributed by atoms with Crippen molar-refractivity contribution >= 4 is 10.8 Å². The smallest absolute Gasteiger partial charge is 0.508 e. The molecule has 0 saturated carbocycles. The summed E-state index contributed by atoms with van der Waals surface area (Å²) in [5, 5.41) is 11.3. The molecule has 3 aromatic carbocycles. The summed E-state index contributed by atoms with van der Waals surface area (Å²) in [6.45, 7) is 0. The molecule has 0 aromatic heterocycles. The Balaban J connectivity index is 1.85. The zero-order chi connectivity index (χ0) is 17.3. The molecule has 0 radical (unpaired) electrons. The van der Waals surface area contributed by atoms with E-state index in [4.69, 9.17) is 5.73 Å². The number of hydrogen-bond acceptors (Lipinski definition) is 3. The van der Waals surface area contributed by atoms with E-state index in [0.29, 0.717) is 5.56 Å². The summed E-state index contributed by atoms with van der Waals surface area (Å²) >= 11 is 0. The third-order valence-electron chi connectivity index (χ3n) is 3.68. The maximum absolute atomic E-state index is 12.2. The molecule has 3 nitrogen and oxygen atoms in total. The Labute approximate surface area is 136 Å². The van der Waals surface area contributed by atoms with Crippen LogP contribution in [-0.2, 0) is 0 Å². The van der Waals surface area contributed by atoms with Crippen molar-refractivity contribution in [1.82, 2.24) is 0 Å². The van der Waals surface area contributed by atoms with Gasteiger partial charge in [-0.05, 0) is 52.2 Å². The lowest BCUT2D eigenvalue weighted by atomic mass is 9.97. The molecule has 0 amide bonds. The molecule has 0 aliphatic rings. The third kappa shape index (κ3) is 3.60. The Morgan fingerprint density at radius 1 is 0.833 bits per heavy atom. The first kappa shape index (κ1) is 16.1. The Morgan fingerprint density at radius 3 is 2.08 bits per heavy atom. The zero-order valence-corrected chi connectivity index (χ0v) is 12.4. The van der Waals surface area contributed by atoms with Crippen molar-refractivity contribution in [3.05, 3.63) is 71.8 Å². The van der Waals surface area contributed by atoms with Crippen LogP contribution >= 0.6 is 0 Å². The summed E-state index contributed by atoms with van der Waals surface area (Å²) in [6, 6.07) is 15.6. The van der Waals surface area contributed by atoms with Gasteiger partial charge in [0.1, 0.15) is 11.5 Å². The van der Waals surface area contributed by atoms with Gasteiger partial charge < -0.3 is 15.6 Å². The standard InChI is InChI=1S/C18H14F3NO2/c19-18(20,21)24-16-7-4-11(5-8-16)17(22)14-2-1-13-10-15(23)6-3-12(13)9-14/h1-10,17,23H,22H2/t17-/m0/s1. The molecule has 0 bridgehead atoms. The summed E-state index contributed by atoms with van der Waals surface area (Å²) in [4.78, 5) is 0. The molecular formula is C18H14F3NO2. The maximum atomic E-state index is 12.2. The fraction of sp³-hybridized carbons (Fsp3) is 0.111. The zero-order valence-electron chi connectivity index (χ0n) is 12.4. The van der Waals surface area contributed by atoms with Crippen molar-refractivity contribution in [2.45, 2.75) is 12.4 Å². The van der Waals surface area contributed by atoms with E-state index in [1.165, 1.54) is 24.3 Å². The molecule has 1 atom stereocenters. The number of benzene rings is 3. The van der Waals surface area contributed by atoms with E-state index < -0.39 is 12.4 Å². The molecule has 0 unspecified atom stereocenters. The van der Waals surface area contributed by atoms with Crippen molar-refractivity contribution in [1.29, 1.82) is 0 Å². The fourth-order valence-corrected chi connectivity index (χ4v) is 2.51. The summed E-state index contributed by atoms with van der Waals surface area (Å²) in [6.07, 6.45) is -4.71. The average molecular weight is 333 g/mol.